The number of benzene rings is 1. The molecule has 22 heavy (non-hydrogen) atoms. The lowest BCUT2D eigenvalue weighted by atomic mass is 9.87. The Morgan fingerprint density at radius 3 is 2.68 bits per heavy atom. The van der Waals surface area contributed by atoms with E-state index in [1.807, 2.05) is 11.0 Å². The Morgan fingerprint density at radius 2 is 2.05 bits per heavy atom. The fourth-order valence-electron chi connectivity index (χ4n) is 3.27. The van der Waals surface area contributed by atoms with E-state index in [0.29, 0.717) is 11.7 Å². The van der Waals surface area contributed by atoms with Crippen molar-refractivity contribution in [2.24, 2.45) is 5.73 Å². The topological polar surface area (TPSA) is 63.4 Å². The van der Waals surface area contributed by atoms with Gasteiger partial charge in [-0.3, -0.25) is 9.59 Å². The number of likely N-dealkylation sites (tertiary alicyclic amines) is 1. The van der Waals surface area contributed by atoms with Crippen LogP contribution in [0.2, 0.25) is 0 Å². The minimum Gasteiger partial charge on any atom is -0.369 e. The molecule has 2 unspecified atom stereocenters. The molecule has 1 heterocycles. The predicted molar refractivity (Wildman–Crippen MR) is 90.7 cm³/mol. The molecule has 1 fully saturated rings. The van der Waals surface area contributed by atoms with Crippen LogP contribution in [0.15, 0.2) is 30.3 Å². The van der Waals surface area contributed by atoms with Crippen molar-refractivity contribution in [2.45, 2.75) is 38.1 Å². The minimum atomic E-state index is -0.369. The number of carbonyl (C=O) groups excluding carboxylic acids is 2. The van der Waals surface area contributed by atoms with E-state index in [-0.39, 0.29) is 23.6 Å². The van der Waals surface area contributed by atoms with Crippen LogP contribution >= 0.6 is 11.8 Å². The smallest absolute Gasteiger partial charge is 0.232 e. The second-order valence-electron chi connectivity index (χ2n) is 5.68. The van der Waals surface area contributed by atoms with Crippen LogP contribution in [0.4, 0.5) is 0 Å². The van der Waals surface area contributed by atoms with Gasteiger partial charge in [-0.2, -0.15) is 0 Å². The van der Waals surface area contributed by atoms with E-state index in [1.165, 1.54) is 17.3 Å². The molecule has 4 nitrogen and oxygen atoms in total. The summed E-state index contributed by atoms with van der Waals surface area (Å²) in [6.45, 7) is 3.00. The molecular weight excluding hydrogens is 296 g/mol. The van der Waals surface area contributed by atoms with Gasteiger partial charge in [0.05, 0.1) is 11.5 Å². The number of nitrogens with zero attached hydrogens (tertiary/aromatic N) is 1. The lowest BCUT2D eigenvalue weighted by Crippen LogP contribution is -2.40. The molecule has 120 valence electrons. The van der Waals surface area contributed by atoms with Gasteiger partial charge in [0.25, 0.3) is 0 Å². The Balaban J connectivity index is 2.02. The van der Waals surface area contributed by atoms with Crippen LogP contribution < -0.4 is 5.73 Å². The molecule has 2 rings (SSSR count). The largest absolute Gasteiger partial charge is 0.369 e. The van der Waals surface area contributed by atoms with E-state index in [2.05, 4.69) is 31.2 Å². The molecule has 0 saturated carbocycles. The molecule has 0 aromatic heterocycles. The third kappa shape index (κ3) is 4.26. The summed E-state index contributed by atoms with van der Waals surface area (Å²) in [5.74, 6) is 0.688. The lowest BCUT2D eigenvalue weighted by Gasteiger charge is -2.31. The molecule has 2 amide bonds. The number of thioether (sulfide) groups is 1. The predicted octanol–water partition coefficient (Wildman–Crippen LogP) is 2.39. The average molecular weight is 320 g/mol. The Bertz CT molecular complexity index is 507. The van der Waals surface area contributed by atoms with E-state index in [0.717, 1.165) is 25.8 Å². The first-order valence-electron chi connectivity index (χ1n) is 7.84. The van der Waals surface area contributed by atoms with Crippen LogP contribution in [0.5, 0.6) is 0 Å². The normalized spacial score (nSPS) is 19.1. The molecule has 1 aromatic rings. The van der Waals surface area contributed by atoms with E-state index < -0.39 is 0 Å². The molecule has 0 aliphatic carbocycles. The summed E-state index contributed by atoms with van der Waals surface area (Å²) in [5.41, 5.74) is 6.43. The van der Waals surface area contributed by atoms with Crippen LogP contribution in [0, 0.1) is 0 Å². The number of rotatable bonds is 7. The van der Waals surface area contributed by atoms with Crippen molar-refractivity contribution in [1.82, 2.24) is 4.90 Å². The van der Waals surface area contributed by atoms with Crippen LogP contribution in [-0.2, 0) is 9.59 Å². The third-order valence-electron chi connectivity index (χ3n) is 4.22. The fourth-order valence-corrected chi connectivity index (χ4v) is 3.92. The van der Waals surface area contributed by atoms with Gasteiger partial charge in [-0.1, -0.05) is 37.3 Å². The second-order valence-corrected chi connectivity index (χ2v) is 6.67. The highest BCUT2D eigenvalue weighted by molar-refractivity contribution is 8.00. The maximum absolute atomic E-state index is 12.4. The molecule has 0 spiro atoms. The monoisotopic (exact) mass is 320 g/mol. The van der Waals surface area contributed by atoms with Crippen molar-refractivity contribution in [3.8, 4) is 0 Å². The van der Waals surface area contributed by atoms with Gasteiger partial charge < -0.3 is 10.6 Å². The fraction of sp³-hybridized carbons (Fsp3) is 0.529. The Morgan fingerprint density at radius 1 is 1.32 bits per heavy atom. The maximum Gasteiger partial charge on any atom is 0.232 e. The summed E-state index contributed by atoms with van der Waals surface area (Å²) in [6, 6.07) is 10.7. The number of carbonyl (C=O) groups is 2. The van der Waals surface area contributed by atoms with E-state index in [9.17, 15) is 9.59 Å². The van der Waals surface area contributed by atoms with Gasteiger partial charge in [-0.25, -0.2) is 0 Å². The zero-order valence-corrected chi connectivity index (χ0v) is 13.8. The molecular formula is C17H24N2O2S. The average Bonchev–Trinajstić information content (AvgIpc) is 2.98. The van der Waals surface area contributed by atoms with Crippen LogP contribution in [0.3, 0.4) is 0 Å². The summed E-state index contributed by atoms with van der Waals surface area (Å²) in [4.78, 5) is 25.2. The highest BCUT2D eigenvalue weighted by Crippen LogP contribution is 2.33. The highest BCUT2D eigenvalue weighted by atomic mass is 32.2. The number of hydrogen-bond acceptors (Lipinski definition) is 3. The van der Waals surface area contributed by atoms with E-state index in [1.54, 1.807) is 0 Å². The molecule has 1 aliphatic heterocycles. The van der Waals surface area contributed by atoms with Crippen LogP contribution in [0.1, 0.15) is 37.7 Å². The summed E-state index contributed by atoms with van der Waals surface area (Å²) in [7, 11) is 0. The lowest BCUT2D eigenvalue weighted by molar-refractivity contribution is -0.129. The van der Waals surface area contributed by atoms with Gasteiger partial charge in [0.2, 0.25) is 11.8 Å². The SMILES string of the molecule is CCC(c1ccccc1)C1CCCN1C(=O)CSCC(N)=O. The van der Waals surface area contributed by atoms with Gasteiger partial charge in [-0.15, -0.1) is 11.8 Å². The third-order valence-corrected chi connectivity index (χ3v) is 5.16. The van der Waals surface area contributed by atoms with Gasteiger partial charge in [-0.05, 0) is 24.8 Å². The first-order valence-corrected chi connectivity index (χ1v) is 8.99. The van der Waals surface area contributed by atoms with Crippen molar-refractivity contribution >= 4 is 23.6 Å². The number of amides is 2. The molecule has 5 heteroatoms. The zero-order valence-electron chi connectivity index (χ0n) is 13.0. The van der Waals surface area contributed by atoms with Crippen molar-refractivity contribution in [3.63, 3.8) is 0 Å². The molecule has 2 atom stereocenters. The number of primary amides is 1. The first-order chi connectivity index (χ1) is 10.6. The van der Waals surface area contributed by atoms with Crippen molar-refractivity contribution < 1.29 is 9.59 Å². The standard InChI is InChI=1S/C17H24N2O2S/c1-2-14(13-7-4-3-5-8-13)15-9-6-10-19(15)17(21)12-22-11-16(18)20/h3-5,7-8,14-15H,2,6,9-12H2,1H3,(H2,18,20). The van der Waals surface area contributed by atoms with Gasteiger partial charge in [0.15, 0.2) is 0 Å². The van der Waals surface area contributed by atoms with Crippen molar-refractivity contribution in [3.05, 3.63) is 35.9 Å². The van der Waals surface area contributed by atoms with Crippen LogP contribution in [0.25, 0.3) is 0 Å². The first kappa shape index (κ1) is 16.9. The molecule has 1 saturated heterocycles. The number of nitrogens with two attached hydrogens (primary N) is 1. The Hall–Kier alpha value is -1.49. The summed E-state index contributed by atoms with van der Waals surface area (Å²) >= 11 is 1.31. The minimum absolute atomic E-state index is 0.128. The highest BCUT2D eigenvalue weighted by Gasteiger charge is 2.34. The molecule has 0 radical (unpaired) electrons. The zero-order chi connectivity index (χ0) is 15.9. The molecule has 2 N–H and O–H groups in total. The molecule has 0 bridgehead atoms. The Labute approximate surface area is 136 Å². The van der Waals surface area contributed by atoms with Crippen molar-refractivity contribution in [1.29, 1.82) is 0 Å². The number of hydrogen-bond donors (Lipinski definition) is 1. The molecule has 1 aliphatic rings. The van der Waals surface area contributed by atoms with E-state index >= 15 is 0 Å². The van der Waals surface area contributed by atoms with Gasteiger partial charge in [0.1, 0.15) is 0 Å². The van der Waals surface area contributed by atoms with Crippen molar-refractivity contribution in [2.75, 3.05) is 18.1 Å². The van der Waals surface area contributed by atoms with Crippen LogP contribution in [-0.4, -0.2) is 40.8 Å². The summed E-state index contributed by atoms with van der Waals surface area (Å²) in [5, 5.41) is 0. The van der Waals surface area contributed by atoms with E-state index in [4.69, 9.17) is 5.73 Å². The summed E-state index contributed by atoms with van der Waals surface area (Å²) in [6.07, 6.45) is 3.13. The second kappa shape index (κ2) is 8.22. The summed E-state index contributed by atoms with van der Waals surface area (Å²) < 4.78 is 0. The van der Waals surface area contributed by atoms with Gasteiger partial charge >= 0.3 is 0 Å². The molecule has 1 aromatic carbocycles. The van der Waals surface area contributed by atoms with Gasteiger partial charge in [0, 0.05) is 18.5 Å². The Kier molecular flexibility index (Phi) is 6.31. The quantitative estimate of drug-likeness (QED) is 0.839. The maximum atomic E-state index is 12.4.